The highest BCUT2D eigenvalue weighted by Crippen LogP contribution is 2.61. The summed E-state index contributed by atoms with van der Waals surface area (Å²) < 4.78 is 21.2. The summed E-state index contributed by atoms with van der Waals surface area (Å²) in [5.41, 5.74) is 6.06. The average molecular weight is 903 g/mol. The van der Waals surface area contributed by atoms with Crippen LogP contribution in [0.1, 0.15) is 53.0 Å². The summed E-state index contributed by atoms with van der Waals surface area (Å²) in [5.74, 6) is -1.83. The third-order valence-corrected chi connectivity index (χ3v) is 8.55. The van der Waals surface area contributed by atoms with E-state index in [0.29, 0.717) is 41.0 Å². The van der Waals surface area contributed by atoms with Crippen molar-refractivity contribution in [2.75, 3.05) is 13.2 Å². The first-order chi connectivity index (χ1) is 27.7. The summed E-state index contributed by atoms with van der Waals surface area (Å²) in [6, 6.07) is 26.2. The Morgan fingerprint density at radius 1 is 0.776 bits per heavy atom. The highest BCUT2D eigenvalue weighted by molar-refractivity contribution is 8.24. The fourth-order valence-corrected chi connectivity index (χ4v) is 6.09. The van der Waals surface area contributed by atoms with Gasteiger partial charge in [-0.05, 0) is 120 Å². The minimum absolute atomic E-state index is 0.138. The van der Waals surface area contributed by atoms with E-state index in [1.165, 1.54) is 0 Å². The van der Waals surface area contributed by atoms with E-state index in [-0.39, 0.29) is 6.61 Å². The van der Waals surface area contributed by atoms with Gasteiger partial charge in [-0.1, -0.05) is 53.5 Å². The largest absolute Gasteiger partial charge is 0.460 e. The minimum atomic E-state index is -3.22. The molecule has 1 N–H and O–H groups in total. The highest BCUT2D eigenvalue weighted by Gasteiger charge is 2.22. The molecule has 0 aliphatic heterocycles. The Hall–Kier alpha value is -4.81. The van der Waals surface area contributed by atoms with E-state index < -0.39 is 29.1 Å². The first-order valence-electron chi connectivity index (χ1n) is 17.5. The quantitative estimate of drug-likeness (QED) is 0.0841. The first kappa shape index (κ1) is 44.3. The van der Waals surface area contributed by atoms with E-state index in [9.17, 15) is 18.9 Å². The van der Waals surface area contributed by atoms with E-state index in [1.54, 1.807) is 49.0 Å². The second kappa shape index (κ2) is 20.7. The molecule has 0 saturated heterocycles. The van der Waals surface area contributed by atoms with E-state index in [4.69, 9.17) is 32.7 Å². The van der Waals surface area contributed by atoms with Crippen molar-refractivity contribution in [2.45, 2.75) is 32.7 Å². The standard InChI is InChI=1S/C20H18ClN3O3.C20H16ClN3O2.Cl3OP/c1-2-27-20(26)19(25)24-18(16-5-3-4-8-22-16)10-13-6-7-14-11-15(21)12-23-17(14)9-13;1-2-26-20(25)19-23-17(18-5-3-4-8-24(18)19)10-13-6-7-16-14(9-13)11-15(21)12-22-16;1-5(2,3)4/h3-9,11-12,18H,2,10H2,1H3,(H,24,25);3-9,11-12H,2,10H2,1H3;. The lowest BCUT2D eigenvalue weighted by Crippen LogP contribution is -2.36. The monoisotopic (exact) mass is 900 g/mol. The molecular weight excluding hydrogens is 869 g/mol. The van der Waals surface area contributed by atoms with Gasteiger partial charge >= 0.3 is 23.0 Å². The van der Waals surface area contributed by atoms with Gasteiger partial charge in [0.1, 0.15) is 0 Å². The first-order valence-corrected chi connectivity index (χ1v) is 22.7. The van der Waals surface area contributed by atoms with Gasteiger partial charge in [-0.15, -0.1) is 0 Å². The van der Waals surface area contributed by atoms with Gasteiger partial charge in [0.05, 0.1) is 57.2 Å². The molecule has 1 atom stereocenters. The van der Waals surface area contributed by atoms with Crippen LogP contribution >= 0.6 is 62.1 Å². The van der Waals surface area contributed by atoms with E-state index in [0.717, 1.165) is 44.1 Å². The van der Waals surface area contributed by atoms with Crippen molar-refractivity contribution in [3.8, 4) is 0 Å². The van der Waals surface area contributed by atoms with Gasteiger partial charge in [0.25, 0.3) is 0 Å². The molecule has 0 saturated carbocycles. The predicted molar refractivity (Wildman–Crippen MR) is 228 cm³/mol. The van der Waals surface area contributed by atoms with Gasteiger partial charge in [0.15, 0.2) is 0 Å². The number of carbonyl (C=O) groups is 3. The molecule has 300 valence electrons. The number of hydrogen-bond acceptors (Lipinski definition) is 10. The molecular formula is C40H34Cl5N6O6P. The molecule has 0 bridgehead atoms. The molecule has 7 rings (SSSR count). The fraction of sp³-hybridized carbons (Fsp3) is 0.175. The summed E-state index contributed by atoms with van der Waals surface area (Å²) in [6.07, 6.45) is 7.73. The topological polar surface area (TPSA) is 155 Å². The number of fused-ring (bicyclic) bond motifs is 3. The van der Waals surface area contributed by atoms with Crippen LogP contribution in [0.5, 0.6) is 0 Å². The molecule has 0 spiro atoms. The number of halogens is 5. The van der Waals surface area contributed by atoms with Crippen molar-refractivity contribution in [1.82, 2.24) is 29.7 Å². The van der Waals surface area contributed by atoms with Crippen molar-refractivity contribution >= 4 is 107 Å². The highest BCUT2D eigenvalue weighted by atomic mass is 36.0. The van der Waals surface area contributed by atoms with Crippen LogP contribution in [-0.2, 0) is 36.5 Å². The number of nitrogens with one attached hydrogen (secondary N) is 1. The Morgan fingerprint density at radius 2 is 1.45 bits per heavy atom. The van der Waals surface area contributed by atoms with Crippen LogP contribution in [-0.4, -0.2) is 55.4 Å². The average Bonchev–Trinajstić information content (AvgIpc) is 3.56. The lowest BCUT2D eigenvalue weighted by Gasteiger charge is -2.18. The second-order valence-corrected chi connectivity index (χ2v) is 19.7. The van der Waals surface area contributed by atoms with Crippen molar-refractivity contribution in [3.63, 3.8) is 0 Å². The van der Waals surface area contributed by atoms with Crippen LogP contribution in [0.15, 0.2) is 110 Å². The van der Waals surface area contributed by atoms with Crippen LogP contribution in [0.25, 0.3) is 27.3 Å². The zero-order valence-electron chi connectivity index (χ0n) is 30.8. The molecule has 58 heavy (non-hydrogen) atoms. The number of esters is 2. The molecule has 7 aromatic rings. The number of nitrogens with zero attached hydrogens (tertiary/aromatic N) is 5. The van der Waals surface area contributed by atoms with E-state index in [2.05, 4.69) is 59.0 Å². The number of imidazole rings is 1. The molecule has 12 nitrogen and oxygen atoms in total. The zero-order valence-corrected chi connectivity index (χ0v) is 35.5. The van der Waals surface area contributed by atoms with Gasteiger partial charge in [-0.2, -0.15) is 0 Å². The van der Waals surface area contributed by atoms with Crippen LogP contribution in [0, 0.1) is 0 Å². The number of rotatable bonds is 9. The van der Waals surface area contributed by atoms with Crippen LogP contribution < -0.4 is 5.32 Å². The summed E-state index contributed by atoms with van der Waals surface area (Å²) in [7, 11) is 0. The maximum absolute atomic E-state index is 12.2. The van der Waals surface area contributed by atoms with E-state index >= 15 is 0 Å². The number of benzene rings is 2. The SMILES string of the molecule is CCOC(=O)C(=O)NC(Cc1ccc2cc(Cl)cnc2c1)c1ccccn1.CCOC(=O)c1nc(Cc2ccc3ncc(Cl)cc3c2)c2ccccn12.O=P(Cl)(Cl)Cl. The summed E-state index contributed by atoms with van der Waals surface area (Å²) in [5, 5.41) is 2.56. The van der Waals surface area contributed by atoms with Crippen molar-refractivity contribution in [1.29, 1.82) is 0 Å². The minimum Gasteiger partial charge on any atom is -0.460 e. The molecule has 2 aromatic carbocycles. The molecule has 5 aromatic heterocycles. The third kappa shape index (κ3) is 12.8. The Balaban J connectivity index is 0.000000198. The van der Waals surface area contributed by atoms with Gasteiger partial charge in [-0.3, -0.25) is 28.7 Å². The number of hydrogen-bond donors (Lipinski definition) is 1. The van der Waals surface area contributed by atoms with Gasteiger partial charge in [-0.25, -0.2) is 14.6 Å². The Kier molecular flexibility index (Phi) is 15.8. The Morgan fingerprint density at radius 3 is 2.14 bits per heavy atom. The Labute approximate surface area is 357 Å². The summed E-state index contributed by atoms with van der Waals surface area (Å²) in [4.78, 5) is 53.5. The zero-order chi connectivity index (χ0) is 41.8. The van der Waals surface area contributed by atoms with Crippen LogP contribution in [0.2, 0.25) is 10.0 Å². The number of ether oxygens (including phenoxy) is 2. The number of pyridine rings is 4. The molecule has 5 heterocycles. The van der Waals surface area contributed by atoms with Crippen LogP contribution in [0.3, 0.4) is 0 Å². The summed E-state index contributed by atoms with van der Waals surface area (Å²) in [6.45, 7) is 3.88. The van der Waals surface area contributed by atoms with Crippen molar-refractivity contribution < 1.29 is 28.4 Å². The lowest BCUT2D eigenvalue weighted by molar-refractivity contribution is -0.154. The van der Waals surface area contributed by atoms with Gasteiger partial charge in [0, 0.05) is 42.0 Å². The lowest BCUT2D eigenvalue weighted by atomic mass is 10.0. The molecule has 0 aliphatic rings. The predicted octanol–water partition coefficient (Wildman–Crippen LogP) is 10.4. The van der Waals surface area contributed by atoms with Gasteiger partial charge in [0.2, 0.25) is 5.82 Å². The molecule has 0 radical (unpaired) electrons. The molecule has 1 amide bonds. The number of carbonyl (C=O) groups excluding carboxylic acids is 3. The molecule has 0 fully saturated rings. The van der Waals surface area contributed by atoms with Crippen molar-refractivity contribution in [2.24, 2.45) is 0 Å². The van der Waals surface area contributed by atoms with Gasteiger partial charge < -0.3 is 14.8 Å². The molecule has 0 aliphatic carbocycles. The summed E-state index contributed by atoms with van der Waals surface area (Å²) >= 11 is 25.9. The fourth-order valence-electron chi connectivity index (χ4n) is 5.76. The van der Waals surface area contributed by atoms with E-state index in [1.807, 2.05) is 79.0 Å². The molecule has 18 heteroatoms. The van der Waals surface area contributed by atoms with Crippen LogP contribution in [0.4, 0.5) is 0 Å². The third-order valence-electron chi connectivity index (χ3n) is 8.13. The maximum atomic E-state index is 12.2. The Bertz CT molecular complexity index is 2600. The maximum Gasteiger partial charge on any atom is 0.396 e. The van der Waals surface area contributed by atoms with Crippen molar-refractivity contribution in [3.05, 3.63) is 148 Å². The molecule has 1 unspecified atom stereocenters. The number of amides is 1. The second-order valence-electron chi connectivity index (χ2n) is 12.2. The smallest absolute Gasteiger partial charge is 0.396 e. The normalized spacial score (nSPS) is 11.5. The number of aromatic nitrogens is 5.